The lowest BCUT2D eigenvalue weighted by molar-refractivity contribution is 0.0825. The van der Waals surface area contributed by atoms with Crippen molar-refractivity contribution < 1.29 is 9.47 Å². The van der Waals surface area contributed by atoms with Gasteiger partial charge in [0.1, 0.15) is 0 Å². The van der Waals surface area contributed by atoms with E-state index in [1.807, 2.05) is 6.07 Å². The first-order valence-corrected chi connectivity index (χ1v) is 6.67. The molecular weight excluding hydrogens is 224 g/mol. The van der Waals surface area contributed by atoms with Gasteiger partial charge in [-0.05, 0) is 36.3 Å². The topological polar surface area (TPSA) is 18.5 Å². The van der Waals surface area contributed by atoms with E-state index in [1.165, 1.54) is 17.6 Å². The Morgan fingerprint density at radius 3 is 2.67 bits per heavy atom. The molecule has 2 heteroatoms. The molecule has 0 aromatic heterocycles. The van der Waals surface area contributed by atoms with Gasteiger partial charge in [0.05, 0.1) is 19.8 Å². The molecule has 0 bridgehead atoms. The Bertz CT molecular complexity index is 370. The highest BCUT2D eigenvalue weighted by molar-refractivity contribution is 5.13. The second-order valence-corrected chi connectivity index (χ2v) is 4.94. The Hall–Kier alpha value is -1.12. The number of allylic oxidation sites excluding steroid dienone is 1. The highest BCUT2D eigenvalue weighted by atomic mass is 16.5. The Morgan fingerprint density at radius 1 is 1.17 bits per heavy atom. The SMILES string of the molecule is COCC1=CCC(COCc2ccccc2)CC1. The zero-order chi connectivity index (χ0) is 12.6. The first-order valence-electron chi connectivity index (χ1n) is 6.67. The zero-order valence-corrected chi connectivity index (χ0v) is 11.1. The molecule has 18 heavy (non-hydrogen) atoms. The Morgan fingerprint density at radius 2 is 2.00 bits per heavy atom. The second kappa shape index (κ2) is 7.34. The van der Waals surface area contributed by atoms with Crippen molar-refractivity contribution in [1.82, 2.24) is 0 Å². The van der Waals surface area contributed by atoms with Crippen molar-refractivity contribution in [2.75, 3.05) is 20.3 Å². The van der Waals surface area contributed by atoms with Crippen LogP contribution in [0.2, 0.25) is 0 Å². The predicted molar refractivity (Wildman–Crippen MR) is 73.4 cm³/mol. The normalized spacial score (nSPS) is 19.6. The lowest BCUT2D eigenvalue weighted by atomic mass is 9.90. The van der Waals surface area contributed by atoms with Crippen LogP contribution in [-0.4, -0.2) is 20.3 Å². The molecule has 98 valence electrons. The maximum absolute atomic E-state index is 5.79. The monoisotopic (exact) mass is 246 g/mol. The number of hydrogen-bond donors (Lipinski definition) is 0. The van der Waals surface area contributed by atoms with Gasteiger partial charge in [0.2, 0.25) is 0 Å². The van der Waals surface area contributed by atoms with Gasteiger partial charge in [0, 0.05) is 7.11 Å². The summed E-state index contributed by atoms with van der Waals surface area (Å²) in [5.74, 6) is 0.675. The molecule has 1 aliphatic carbocycles. The van der Waals surface area contributed by atoms with E-state index in [0.29, 0.717) is 5.92 Å². The van der Waals surface area contributed by atoms with E-state index in [0.717, 1.165) is 32.7 Å². The highest BCUT2D eigenvalue weighted by Gasteiger charge is 2.14. The molecule has 1 atom stereocenters. The van der Waals surface area contributed by atoms with Gasteiger partial charge in [0.15, 0.2) is 0 Å². The molecule has 0 saturated heterocycles. The number of rotatable bonds is 6. The third-order valence-corrected chi connectivity index (χ3v) is 3.41. The second-order valence-electron chi connectivity index (χ2n) is 4.94. The summed E-state index contributed by atoms with van der Waals surface area (Å²) < 4.78 is 10.9. The van der Waals surface area contributed by atoms with Crippen LogP contribution in [0.4, 0.5) is 0 Å². The molecule has 1 aliphatic rings. The fourth-order valence-electron chi connectivity index (χ4n) is 2.33. The summed E-state index contributed by atoms with van der Waals surface area (Å²) in [7, 11) is 1.76. The molecule has 1 aromatic rings. The molecule has 2 nitrogen and oxygen atoms in total. The molecule has 0 heterocycles. The van der Waals surface area contributed by atoms with Crippen molar-refractivity contribution in [3.05, 3.63) is 47.5 Å². The van der Waals surface area contributed by atoms with Gasteiger partial charge >= 0.3 is 0 Å². The van der Waals surface area contributed by atoms with E-state index in [-0.39, 0.29) is 0 Å². The standard InChI is InChI=1S/C16H22O2/c1-17-11-15-7-9-16(10-8-15)13-18-12-14-5-3-2-4-6-14/h2-7,16H,8-13H2,1H3. The lowest BCUT2D eigenvalue weighted by Crippen LogP contribution is -2.14. The van der Waals surface area contributed by atoms with Gasteiger partial charge in [-0.15, -0.1) is 0 Å². The van der Waals surface area contributed by atoms with Gasteiger partial charge in [-0.25, -0.2) is 0 Å². The third kappa shape index (κ3) is 4.28. The Kier molecular flexibility index (Phi) is 5.43. The van der Waals surface area contributed by atoms with Crippen LogP contribution in [0.3, 0.4) is 0 Å². The van der Waals surface area contributed by atoms with Crippen LogP contribution in [0.15, 0.2) is 42.0 Å². The summed E-state index contributed by atoms with van der Waals surface area (Å²) in [6.45, 7) is 2.38. The average molecular weight is 246 g/mol. The molecule has 0 aliphatic heterocycles. The van der Waals surface area contributed by atoms with Crippen molar-refractivity contribution in [2.45, 2.75) is 25.9 Å². The lowest BCUT2D eigenvalue weighted by Gasteiger charge is -2.21. The van der Waals surface area contributed by atoms with Crippen LogP contribution in [0, 0.1) is 5.92 Å². The van der Waals surface area contributed by atoms with Crippen LogP contribution in [-0.2, 0) is 16.1 Å². The molecular formula is C16H22O2. The van der Waals surface area contributed by atoms with E-state index < -0.39 is 0 Å². The minimum Gasteiger partial charge on any atom is -0.380 e. The van der Waals surface area contributed by atoms with Crippen LogP contribution in [0.1, 0.15) is 24.8 Å². The largest absolute Gasteiger partial charge is 0.380 e. The molecule has 0 saturated carbocycles. The smallest absolute Gasteiger partial charge is 0.0717 e. The first kappa shape index (κ1) is 13.3. The molecule has 0 fully saturated rings. The van der Waals surface area contributed by atoms with Crippen LogP contribution in [0.5, 0.6) is 0 Å². The van der Waals surface area contributed by atoms with Gasteiger partial charge < -0.3 is 9.47 Å². The summed E-state index contributed by atoms with van der Waals surface area (Å²) in [5, 5.41) is 0. The van der Waals surface area contributed by atoms with E-state index in [1.54, 1.807) is 7.11 Å². The number of hydrogen-bond acceptors (Lipinski definition) is 2. The van der Waals surface area contributed by atoms with Crippen molar-refractivity contribution in [3.63, 3.8) is 0 Å². The maximum Gasteiger partial charge on any atom is 0.0717 e. The minimum absolute atomic E-state index is 0.675. The summed E-state index contributed by atoms with van der Waals surface area (Å²) in [6.07, 6.45) is 5.84. The molecule has 0 amide bonds. The Labute approximate surface area is 110 Å². The fraction of sp³-hybridized carbons (Fsp3) is 0.500. The Balaban J connectivity index is 1.67. The molecule has 2 rings (SSSR count). The average Bonchev–Trinajstić information content (AvgIpc) is 2.42. The molecule has 0 N–H and O–H groups in total. The van der Waals surface area contributed by atoms with E-state index >= 15 is 0 Å². The van der Waals surface area contributed by atoms with Crippen LogP contribution < -0.4 is 0 Å². The molecule has 1 unspecified atom stereocenters. The quantitative estimate of drug-likeness (QED) is 0.714. The maximum atomic E-state index is 5.79. The number of ether oxygens (including phenoxy) is 2. The van der Waals surface area contributed by atoms with Gasteiger partial charge in [-0.2, -0.15) is 0 Å². The fourth-order valence-corrected chi connectivity index (χ4v) is 2.33. The van der Waals surface area contributed by atoms with Crippen molar-refractivity contribution in [3.8, 4) is 0 Å². The van der Waals surface area contributed by atoms with E-state index in [4.69, 9.17) is 9.47 Å². The van der Waals surface area contributed by atoms with Crippen molar-refractivity contribution >= 4 is 0 Å². The zero-order valence-electron chi connectivity index (χ0n) is 11.1. The molecule has 1 aromatic carbocycles. The minimum atomic E-state index is 0.675. The van der Waals surface area contributed by atoms with Gasteiger partial charge in [-0.1, -0.05) is 36.4 Å². The van der Waals surface area contributed by atoms with Crippen molar-refractivity contribution in [1.29, 1.82) is 0 Å². The summed E-state index contributed by atoms with van der Waals surface area (Å²) in [5.41, 5.74) is 2.70. The first-order chi connectivity index (χ1) is 8.88. The molecule has 0 spiro atoms. The van der Waals surface area contributed by atoms with Crippen LogP contribution >= 0.6 is 0 Å². The summed E-state index contributed by atoms with van der Waals surface area (Å²) >= 11 is 0. The molecule has 0 radical (unpaired) electrons. The predicted octanol–water partition coefficient (Wildman–Crippen LogP) is 3.58. The summed E-state index contributed by atoms with van der Waals surface area (Å²) in [6, 6.07) is 10.4. The summed E-state index contributed by atoms with van der Waals surface area (Å²) in [4.78, 5) is 0. The van der Waals surface area contributed by atoms with E-state index in [9.17, 15) is 0 Å². The third-order valence-electron chi connectivity index (χ3n) is 3.41. The number of methoxy groups -OCH3 is 1. The highest BCUT2D eigenvalue weighted by Crippen LogP contribution is 2.24. The van der Waals surface area contributed by atoms with E-state index in [2.05, 4.69) is 30.3 Å². The van der Waals surface area contributed by atoms with Crippen LogP contribution in [0.25, 0.3) is 0 Å². The van der Waals surface area contributed by atoms with Gasteiger partial charge in [0.25, 0.3) is 0 Å². The van der Waals surface area contributed by atoms with Crippen molar-refractivity contribution in [2.24, 2.45) is 5.92 Å². The van der Waals surface area contributed by atoms with Gasteiger partial charge in [-0.3, -0.25) is 0 Å². The number of benzene rings is 1.